The molecule has 6 heteroatoms. The molecule has 90 valence electrons. The quantitative estimate of drug-likeness (QED) is 0.339. The second-order valence-electron chi connectivity index (χ2n) is 3.30. The van der Waals surface area contributed by atoms with Crippen LogP contribution in [0.1, 0.15) is 5.56 Å². The molecule has 1 rings (SSSR count). The van der Waals surface area contributed by atoms with Crippen molar-refractivity contribution in [3.63, 3.8) is 0 Å². The van der Waals surface area contributed by atoms with E-state index in [0.717, 1.165) is 11.3 Å². The average Bonchev–Trinajstić information content (AvgIpc) is 2.38. The third-order valence-corrected chi connectivity index (χ3v) is 2.25. The maximum Gasteiger partial charge on any atom is 0.314 e. The van der Waals surface area contributed by atoms with Crippen LogP contribution < -0.4 is 4.74 Å². The summed E-state index contributed by atoms with van der Waals surface area (Å²) in [5.41, 5.74) is 9.24. The van der Waals surface area contributed by atoms with Crippen LogP contribution in [0.4, 0.5) is 0 Å². The SMILES string of the molecule is COC(=O)[C@@H](Cc1ccc(OC)cc1)N=[N+]=[N-]. The third kappa shape index (κ3) is 3.70. The molecule has 0 amide bonds. The van der Waals surface area contributed by atoms with Crippen molar-refractivity contribution < 1.29 is 14.3 Å². The predicted molar refractivity (Wildman–Crippen MR) is 61.6 cm³/mol. The number of methoxy groups -OCH3 is 2. The van der Waals surface area contributed by atoms with Crippen LogP contribution in [-0.4, -0.2) is 26.2 Å². The van der Waals surface area contributed by atoms with E-state index < -0.39 is 12.0 Å². The molecule has 0 aliphatic heterocycles. The van der Waals surface area contributed by atoms with E-state index in [4.69, 9.17) is 10.3 Å². The van der Waals surface area contributed by atoms with E-state index in [1.165, 1.54) is 7.11 Å². The van der Waals surface area contributed by atoms with Crippen LogP contribution in [0, 0.1) is 0 Å². The lowest BCUT2D eigenvalue weighted by molar-refractivity contribution is -0.142. The van der Waals surface area contributed by atoms with Crippen molar-refractivity contribution in [2.75, 3.05) is 14.2 Å². The minimum atomic E-state index is -0.835. The van der Waals surface area contributed by atoms with Crippen LogP contribution in [0.2, 0.25) is 0 Å². The normalized spacial score (nSPS) is 11.2. The highest BCUT2D eigenvalue weighted by Gasteiger charge is 2.17. The van der Waals surface area contributed by atoms with E-state index in [1.807, 2.05) is 12.1 Å². The number of rotatable bonds is 5. The van der Waals surface area contributed by atoms with Gasteiger partial charge in [-0.05, 0) is 29.6 Å². The minimum Gasteiger partial charge on any atom is -0.497 e. The van der Waals surface area contributed by atoms with Gasteiger partial charge in [-0.2, -0.15) is 0 Å². The van der Waals surface area contributed by atoms with Crippen LogP contribution in [0.15, 0.2) is 29.4 Å². The lowest BCUT2D eigenvalue weighted by Crippen LogP contribution is -2.22. The van der Waals surface area contributed by atoms with E-state index in [2.05, 4.69) is 14.8 Å². The molecule has 1 atom stereocenters. The van der Waals surface area contributed by atoms with Gasteiger partial charge in [0.15, 0.2) is 0 Å². The number of hydrogen-bond acceptors (Lipinski definition) is 4. The molecule has 0 radical (unpaired) electrons. The van der Waals surface area contributed by atoms with E-state index in [1.54, 1.807) is 19.2 Å². The summed E-state index contributed by atoms with van der Waals surface area (Å²) in [4.78, 5) is 14.0. The molecule has 0 saturated carbocycles. The van der Waals surface area contributed by atoms with Gasteiger partial charge in [-0.25, -0.2) is 0 Å². The molecular weight excluding hydrogens is 222 g/mol. The van der Waals surface area contributed by atoms with Gasteiger partial charge in [0, 0.05) is 4.91 Å². The van der Waals surface area contributed by atoms with Crippen LogP contribution >= 0.6 is 0 Å². The molecule has 0 aliphatic rings. The fraction of sp³-hybridized carbons (Fsp3) is 0.364. The van der Waals surface area contributed by atoms with Gasteiger partial charge < -0.3 is 9.47 Å². The largest absolute Gasteiger partial charge is 0.497 e. The summed E-state index contributed by atoms with van der Waals surface area (Å²) >= 11 is 0. The number of carbonyl (C=O) groups is 1. The first-order chi connectivity index (χ1) is 8.21. The summed E-state index contributed by atoms with van der Waals surface area (Å²) in [6.07, 6.45) is 0.306. The van der Waals surface area contributed by atoms with Crippen LogP contribution in [0.25, 0.3) is 10.4 Å². The second-order valence-corrected chi connectivity index (χ2v) is 3.30. The molecule has 0 N–H and O–H groups in total. The number of nitrogens with zero attached hydrogens (tertiary/aromatic N) is 3. The van der Waals surface area contributed by atoms with Gasteiger partial charge in [-0.15, -0.1) is 0 Å². The molecular formula is C11H13N3O3. The van der Waals surface area contributed by atoms with Crippen molar-refractivity contribution in [1.82, 2.24) is 0 Å². The maximum absolute atomic E-state index is 11.3. The second kappa shape index (κ2) is 6.40. The van der Waals surface area contributed by atoms with Crippen molar-refractivity contribution in [2.45, 2.75) is 12.5 Å². The van der Waals surface area contributed by atoms with Crippen molar-refractivity contribution in [3.8, 4) is 5.75 Å². The van der Waals surface area contributed by atoms with Crippen LogP contribution in [-0.2, 0) is 16.0 Å². The highest BCUT2D eigenvalue weighted by Crippen LogP contribution is 2.14. The Kier molecular flexibility index (Phi) is 4.84. The average molecular weight is 235 g/mol. The summed E-state index contributed by atoms with van der Waals surface area (Å²) in [5, 5.41) is 3.41. The lowest BCUT2D eigenvalue weighted by atomic mass is 10.1. The Morgan fingerprint density at radius 2 is 2.06 bits per heavy atom. The summed E-state index contributed by atoms with van der Waals surface area (Å²) in [6.45, 7) is 0. The topological polar surface area (TPSA) is 84.3 Å². The summed E-state index contributed by atoms with van der Waals surface area (Å²) < 4.78 is 9.57. The van der Waals surface area contributed by atoms with Gasteiger partial charge in [0.1, 0.15) is 11.8 Å². The van der Waals surface area contributed by atoms with E-state index >= 15 is 0 Å². The monoisotopic (exact) mass is 235 g/mol. The van der Waals surface area contributed by atoms with Crippen molar-refractivity contribution in [1.29, 1.82) is 0 Å². The lowest BCUT2D eigenvalue weighted by Gasteiger charge is -2.09. The van der Waals surface area contributed by atoms with Crippen LogP contribution in [0.5, 0.6) is 5.75 Å². The Balaban J connectivity index is 2.78. The van der Waals surface area contributed by atoms with Gasteiger partial charge in [0.25, 0.3) is 0 Å². The van der Waals surface area contributed by atoms with Gasteiger partial charge >= 0.3 is 5.97 Å². The molecule has 0 aliphatic carbocycles. The van der Waals surface area contributed by atoms with Gasteiger partial charge in [0.05, 0.1) is 14.2 Å². The number of ether oxygens (including phenoxy) is 2. The van der Waals surface area contributed by atoms with E-state index in [0.29, 0.717) is 6.42 Å². The first-order valence-corrected chi connectivity index (χ1v) is 4.96. The minimum absolute atomic E-state index is 0.306. The van der Waals surface area contributed by atoms with Crippen molar-refractivity contribution in [2.24, 2.45) is 5.11 Å². The highest BCUT2D eigenvalue weighted by atomic mass is 16.5. The molecule has 17 heavy (non-hydrogen) atoms. The molecule has 0 heterocycles. The first kappa shape index (κ1) is 12.9. The molecule has 1 aromatic carbocycles. The molecule has 0 aromatic heterocycles. The first-order valence-electron chi connectivity index (χ1n) is 4.96. The number of esters is 1. The summed E-state index contributed by atoms with van der Waals surface area (Å²) in [7, 11) is 2.84. The Bertz CT molecular complexity index is 424. The predicted octanol–water partition coefficient (Wildman–Crippen LogP) is 2.09. The van der Waals surface area contributed by atoms with Gasteiger partial charge in [-0.1, -0.05) is 17.2 Å². The standard InChI is InChI=1S/C11H13N3O3/c1-16-9-5-3-8(4-6-9)7-10(13-14-12)11(15)17-2/h3-6,10H,7H2,1-2H3/t10-/m1/s1. The molecule has 0 saturated heterocycles. The van der Waals surface area contributed by atoms with Gasteiger partial charge in [0.2, 0.25) is 0 Å². The molecule has 1 aromatic rings. The van der Waals surface area contributed by atoms with Crippen LogP contribution in [0.3, 0.4) is 0 Å². The zero-order valence-electron chi connectivity index (χ0n) is 9.66. The van der Waals surface area contributed by atoms with E-state index in [9.17, 15) is 4.79 Å². The highest BCUT2D eigenvalue weighted by molar-refractivity contribution is 5.76. The van der Waals surface area contributed by atoms with Gasteiger partial charge in [-0.3, -0.25) is 4.79 Å². The number of carbonyl (C=O) groups excluding carboxylic acids is 1. The number of hydrogen-bond donors (Lipinski definition) is 0. The smallest absolute Gasteiger partial charge is 0.314 e. The zero-order valence-corrected chi connectivity index (χ0v) is 9.66. The van der Waals surface area contributed by atoms with E-state index in [-0.39, 0.29) is 0 Å². The Morgan fingerprint density at radius 3 is 2.53 bits per heavy atom. The molecule has 0 unspecified atom stereocenters. The molecule has 6 nitrogen and oxygen atoms in total. The molecule has 0 spiro atoms. The fourth-order valence-corrected chi connectivity index (χ4v) is 1.35. The third-order valence-electron chi connectivity index (χ3n) is 2.25. The summed E-state index contributed by atoms with van der Waals surface area (Å²) in [5.74, 6) is 0.186. The molecule has 0 fully saturated rings. The summed E-state index contributed by atoms with van der Waals surface area (Å²) in [6, 6.07) is 6.33. The zero-order chi connectivity index (χ0) is 12.7. The Labute approximate surface area is 98.8 Å². The Hall–Kier alpha value is -2.20. The number of benzene rings is 1. The molecule has 0 bridgehead atoms. The Morgan fingerprint density at radius 1 is 1.41 bits per heavy atom. The fourth-order valence-electron chi connectivity index (χ4n) is 1.35. The van der Waals surface area contributed by atoms with Crippen molar-refractivity contribution >= 4 is 5.97 Å². The van der Waals surface area contributed by atoms with Crippen molar-refractivity contribution in [3.05, 3.63) is 40.3 Å². The maximum atomic E-state index is 11.3. The number of azide groups is 1.